The summed E-state index contributed by atoms with van der Waals surface area (Å²) >= 11 is 1.54. The van der Waals surface area contributed by atoms with E-state index in [2.05, 4.69) is 15.6 Å². The number of ether oxygens (including phenoxy) is 1. The molecule has 0 radical (unpaired) electrons. The van der Waals surface area contributed by atoms with Crippen molar-refractivity contribution in [1.82, 2.24) is 15.6 Å². The van der Waals surface area contributed by atoms with Crippen LogP contribution in [-0.4, -0.2) is 23.7 Å². The SMILES string of the molecule is Cc1cccc(OC[C@H](C)NC(=O)NCc2scnc2C)c1. The van der Waals surface area contributed by atoms with Gasteiger partial charge < -0.3 is 15.4 Å². The third kappa shape index (κ3) is 5.04. The highest BCUT2D eigenvalue weighted by atomic mass is 32.1. The zero-order valence-electron chi connectivity index (χ0n) is 13.1. The summed E-state index contributed by atoms with van der Waals surface area (Å²) in [5.74, 6) is 0.814. The van der Waals surface area contributed by atoms with Gasteiger partial charge in [0.15, 0.2) is 0 Å². The molecule has 2 rings (SSSR count). The molecule has 0 fully saturated rings. The third-order valence-corrected chi connectivity index (χ3v) is 4.06. The average molecular weight is 319 g/mol. The molecule has 0 aliphatic carbocycles. The second-order valence-electron chi connectivity index (χ2n) is 5.22. The van der Waals surface area contributed by atoms with E-state index in [4.69, 9.17) is 4.74 Å². The van der Waals surface area contributed by atoms with Crippen LogP contribution in [-0.2, 0) is 6.54 Å². The molecule has 0 bridgehead atoms. The maximum atomic E-state index is 11.8. The van der Waals surface area contributed by atoms with Gasteiger partial charge in [0.1, 0.15) is 12.4 Å². The highest BCUT2D eigenvalue weighted by Gasteiger charge is 2.09. The van der Waals surface area contributed by atoms with Gasteiger partial charge >= 0.3 is 6.03 Å². The van der Waals surface area contributed by atoms with Crippen molar-refractivity contribution in [3.63, 3.8) is 0 Å². The molecule has 1 atom stereocenters. The molecule has 1 aromatic heterocycles. The number of benzene rings is 1. The minimum atomic E-state index is -0.201. The molecule has 0 unspecified atom stereocenters. The maximum absolute atomic E-state index is 11.8. The summed E-state index contributed by atoms with van der Waals surface area (Å²) in [4.78, 5) is 17.1. The van der Waals surface area contributed by atoms with E-state index in [1.54, 1.807) is 16.8 Å². The molecule has 2 N–H and O–H groups in total. The normalized spacial score (nSPS) is 11.8. The molecular weight excluding hydrogens is 298 g/mol. The van der Waals surface area contributed by atoms with Crippen LogP contribution in [0.15, 0.2) is 29.8 Å². The van der Waals surface area contributed by atoms with Gasteiger partial charge in [0.05, 0.1) is 23.8 Å². The fraction of sp³-hybridized carbons (Fsp3) is 0.375. The first kappa shape index (κ1) is 16.3. The molecule has 6 heteroatoms. The van der Waals surface area contributed by atoms with E-state index in [0.29, 0.717) is 13.2 Å². The standard InChI is InChI=1S/C16H21N3O2S/c1-11-5-4-6-14(7-11)21-9-12(2)19-16(20)17-8-15-13(3)18-10-22-15/h4-7,10,12H,8-9H2,1-3H3,(H2,17,19,20)/t12-/m0/s1. The number of nitrogens with zero attached hydrogens (tertiary/aromatic N) is 1. The first-order valence-corrected chi connectivity index (χ1v) is 8.05. The Morgan fingerprint density at radius 1 is 1.41 bits per heavy atom. The Balaban J connectivity index is 1.71. The van der Waals surface area contributed by atoms with Gasteiger partial charge in [-0.3, -0.25) is 0 Å². The summed E-state index contributed by atoms with van der Waals surface area (Å²) in [6, 6.07) is 7.57. The second kappa shape index (κ2) is 7.79. The van der Waals surface area contributed by atoms with Crippen molar-refractivity contribution < 1.29 is 9.53 Å². The summed E-state index contributed by atoms with van der Waals surface area (Å²) in [6.45, 7) is 6.78. The van der Waals surface area contributed by atoms with Crippen molar-refractivity contribution in [3.05, 3.63) is 45.9 Å². The zero-order valence-corrected chi connectivity index (χ0v) is 13.9. The smallest absolute Gasteiger partial charge is 0.315 e. The molecule has 1 aromatic carbocycles. The summed E-state index contributed by atoms with van der Waals surface area (Å²) < 4.78 is 5.67. The van der Waals surface area contributed by atoms with Crippen molar-refractivity contribution in [3.8, 4) is 5.75 Å². The number of rotatable bonds is 6. The van der Waals surface area contributed by atoms with Crippen LogP contribution >= 0.6 is 11.3 Å². The van der Waals surface area contributed by atoms with E-state index in [1.165, 1.54) is 0 Å². The van der Waals surface area contributed by atoms with Gasteiger partial charge in [0, 0.05) is 4.88 Å². The van der Waals surface area contributed by atoms with Crippen molar-refractivity contribution in [1.29, 1.82) is 0 Å². The van der Waals surface area contributed by atoms with E-state index in [0.717, 1.165) is 21.9 Å². The molecule has 118 valence electrons. The molecule has 5 nitrogen and oxygen atoms in total. The monoisotopic (exact) mass is 319 g/mol. The molecule has 1 heterocycles. The lowest BCUT2D eigenvalue weighted by molar-refractivity contribution is 0.226. The van der Waals surface area contributed by atoms with Crippen LogP contribution in [0.25, 0.3) is 0 Å². The van der Waals surface area contributed by atoms with Crippen LogP contribution in [0.3, 0.4) is 0 Å². The van der Waals surface area contributed by atoms with Crippen LogP contribution < -0.4 is 15.4 Å². The topological polar surface area (TPSA) is 63.2 Å². The molecule has 0 saturated heterocycles. The predicted molar refractivity (Wildman–Crippen MR) is 88.4 cm³/mol. The highest BCUT2D eigenvalue weighted by molar-refractivity contribution is 7.09. The largest absolute Gasteiger partial charge is 0.491 e. The number of aryl methyl sites for hydroxylation is 2. The Kier molecular flexibility index (Phi) is 5.77. The number of hydrogen-bond acceptors (Lipinski definition) is 4. The van der Waals surface area contributed by atoms with Crippen LogP contribution in [0.4, 0.5) is 4.79 Å². The zero-order chi connectivity index (χ0) is 15.9. The Morgan fingerprint density at radius 3 is 2.91 bits per heavy atom. The first-order valence-electron chi connectivity index (χ1n) is 7.17. The lowest BCUT2D eigenvalue weighted by Gasteiger charge is -2.15. The van der Waals surface area contributed by atoms with Gasteiger partial charge in [-0.05, 0) is 38.5 Å². The molecule has 0 saturated carbocycles. The van der Waals surface area contributed by atoms with E-state index in [1.807, 2.05) is 45.0 Å². The summed E-state index contributed by atoms with van der Waals surface area (Å²) in [7, 11) is 0. The second-order valence-corrected chi connectivity index (χ2v) is 6.16. The highest BCUT2D eigenvalue weighted by Crippen LogP contribution is 2.12. The fourth-order valence-electron chi connectivity index (χ4n) is 1.90. The van der Waals surface area contributed by atoms with Gasteiger partial charge in [-0.2, -0.15) is 0 Å². The number of urea groups is 1. The third-order valence-electron chi connectivity index (χ3n) is 3.12. The van der Waals surface area contributed by atoms with Crippen LogP contribution in [0.2, 0.25) is 0 Å². The Hall–Kier alpha value is -2.08. The molecular formula is C16H21N3O2S. The van der Waals surface area contributed by atoms with Gasteiger partial charge in [-0.15, -0.1) is 11.3 Å². The number of carbonyl (C=O) groups excluding carboxylic acids is 1. The summed E-state index contributed by atoms with van der Waals surface area (Å²) in [6.07, 6.45) is 0. The van der Waals surface area contributed by atoms with Crippen molar-refractivity contribution in [2.45, 2.75) is 33.4 Å². The number of thiazole rings is 1. The molecule has 2 aromatic rings. The van der Waals surface area contributed by atoms with E-state index >= 15 is 0 Å². The van der Waals surface area contributed by atoms with Crippen LogP contribution in [0.1, 0.15) is 23.1 Å². The van der Waals surface area contributed by atoms with Crippen LogP contribution in [0.5, 0.6) is 5.75 Å². The van der Waals surface area contributed by atoms with E-state index in [9.17, 15) is 4.79 Å². The van der Waals surface area contributed by atoms with Gasteiger partial charge in [0.2, 0.25) is 0 Å². The molecule has 0 aliphatic heterocycles. The van der Waals surface area contributed by atoms with E-state index < -0.39 is 0 Å². The van der Waals surface area contributed by atoms with Crippen molar-refractivity contribution >= 4 is 17.4 Å². The van der Waals surface area contributed by atoms with Gasteiger partial charge in [-0.25, -0.2) is 9.78 Å². The minimum absolute atomic E-state index is 0.0805. The number of carbonyl (C=O) groups is 1. The van der Waals surface area contributed by atoms with Gasteiger partial charge in [-0.1, -0.05) is 12.1 Å². The van der Waals surface area contributed by atoms with E-state index in [-0.39, 0.29) is 12.1 Å². The fourth-order valence-corrected chi connectivity index (χ4v) is 2.62. The van der Waals surface area contributed by atoms with Crippen molar-refractivity contribution in [2.75, 3.05) is 6.61 Å². The van der Waals surface area contributed by atoms with Crippen LogP contribution in [0, 0.1) is 13.8 Å². The molecule has 0 spiro atoms. The number of amides is 2. The first-order chi connectivity index (χ1) is 10.5. The maximum Gasteiger partial charge on any atom is 0.315 e. The summed E-state index contributed by atoms with van der Waals surface area (Å²) in [5, 5.41) is 5.68. The molecule has 22 heavy (non-hydrogen) atoms. The number of hydrogen-bond donors (Lipinski definition) is 2. The number of nitrogens with one attached hydrogen (secondary N) is 2. The Morgan fingerprint density at radius 2 is 2.23 bits per heavy atom. The Labute approximate surface area is 134 Å². The quantitative estimate of drug-likeness (QED) is 0.860. The lowest BCUT2D eigenvalue weighted by atomic mass is 10.2. The molecule has 0 aliphatic rings. The van der Waals surface area contributed by atoms with Crippen molar-refractivity contribution in [2.24, 2.45) is 0 Å². The Bertz CT molecular complexity index is 627. The average Bonchev–Trinajstić information content (AvgIpc) is 2.88. The van der Waals surface area contributed by atoms with Gasteiger partial charge in [0.25, 0.3) is 0 Å². The summed E-state index contributed by atoms with van der Waals surface area (Å²) in [5.41, 5.74) is 3.89. The number of aromatic nitrogens is 1. The predicted octanol–water partition coefficient (Wildman–Crippen LogP) is 3.03. The minimum Gasteiger partial charge on any atom is -0.491 e. The molecule has 2 amide bonds. The lowest BCUT2D eigenvalue weighted by Crippen LogP contribution is -2.42.